The molecule has 0 bridgehead atoms. The Bertz CT molecular complexity index is 274. The molecule has 0 amide bonds. The van der Waals surface area contributed by atoms with Gasteiger partial charge in [0.25, 0.3) is 0 Å². The van der Waals surface area contributed by atoms with Gasteiger partial charge < -0.3 is 9.47 Å². The summed E-state index contributed by atoms with van der Waals surface area (Å²) in [4.78, 5) is 12.1. The lowest BCUT2D eigenvalue weighted by molar-refractivity contribution is -0.132. The molecule has 0 spiro atoms. The molecule has 132 valence electrons. The Labute approximate surface area is 138 Å². The van der Waals surface area contributed by atoms with Crippen molar-refractivity contribution in [2.24, 2.45) is 0 Å². The van der Waals surface area contributed by atoms with Crippen LogP contribution in [0.15, 0.2) is 0 Å². The van der Waals surface area contributed by atoms with Crippen molar-refractivity contribution in [1.29, 1.82) is 0 Å². The maximum absolute atomic E-state index is 12.1. The van der Waals surface area contributed by atoms with E-state index in [-0.39, 0.29) is 17.5 Å². The second-order valence-corrected chi connectivity index (χ2v) is 6.76. The first-order valence-corrected chi connectivity index (χ1v) is 9.25. The monoisotopic (exact) mass is 314 g/mol. The molecule has 0 aliphatic heterocycles. The van der Waals surface area contributed by atoms with Gasteiger partial charge in [-0.25, -0.2) is 0 Å². The minimum Gasteiger partial charge on any atom is -0.375 e. The molecule has 0 fully saturated rings. The van der Waals surface area contributed by atoms with Gasteiger partial charge in [0.2, 0.25) is 0 Å². The molecule has 0 aromatic carbocycles. The summed E-state index contributed by atoms with van der Waals surface area (Å²) in [6, 6.07) is 0. The van der Waals surface area contributed by atoms with E-state index in [0.29, 0.717) is 13.0 Å². The van der Waals surface area contributed by atoms with Crippen LogP contribution >= 0.6 is 0 Å². The highest BCUT2D eigenvalue weighted by atomic mass is 16.5. The standard InChI is InChI=1S/C19H38O3/c1-6-9-11-13-17(20)18(8-3)21-16-14-19(4,5)22-15-12-10-7-2/h18H,6-16H2,1-5H3. The van der Waals surface area contributed by atoms with Gasteiger partial charge in [0.1, 0.15) is 6.10 Å². The fourth-order valence-corrected chi connectivity index (χ4v) is 2.37. The normalized spacial score (nSPS) is 13.3. The number of unbranched alkanes of at least 4 members (excludes halogenated alkanes) is 4. The third-order valence-electron chi connectivity index (χ3n) is 4.02. The molecule has 0 saturated heterocycles. The SMILES string of the molecule is CCCCCOC(C)(C)CCOC(CC)C(=O)CCCCC. The largest absolute Gasteiger partial charge is 0.375 e. The second-order valence-electron chi connectivity index (χ2n) is 6.76. The smallest absolute Gasteiger partial charge is 0.161 e. The Morgan fingerprint density at radius 2 is 1.59 bits per heavy atom. The molecule has 0 aliphatic rings. The molecule has 0 aromatic heterocycles. The summed E-state index contributed by atoms with van der Waals surface area (Å²) < 4.78 is 11.7. The quantitative estimate of drug-likeness (QED) is 0.384. The van der Waals surface area contributed by atoms with Crippen LogP contribution in [-0.4, -0.2) is 30.7 Å². The summed E-state index contributed by atoms with van der Waals surface area (Å²) in [7, 11) is 0. The van der Waals surface area contributed by atoms with Crippen LogP contribution in [0, 0.1) is 0 Å². The second kappa shape index (κ2) is 13.1. The van der Waals surface area contributed by atoms with Gasteiger partial charge in [-0.2, -0.15) is 0 Å². The number of carbonyl (C=O) groups is 1. The van der Waals surface area contributed by atoms with Crippen LogP contribution in [0.25, 0.3) is 0 Å². The van der Waals surface area contributed by atoms with E-state index < -0.39 is 0 Å². The van der Waals surface area contributed by atoms with Gasteiger partial charge in [-0.1, -0.05) is 46.5 Å². The lowest BCUT2D eigenvalue weighted by atomic mass is 10.0. The van der Waals surface area contributed by atoms with E-state index in [1.807, 2.05) is 6.92 Å². The van der Waals surface area contributed by atoms with Gasteiger partial charge in [-0.3, -0.25) is 4.79 Å². The summed E-state index contributed by atoms with van der Waals surface area (Å²) in [5, 5.41) is 0. The summed E-state index contributed by atoms with van der Waals surface area (Å²) in [6.45, 7) is 12.0. The molecular weight excluding hydrogens is 276 g/mol. The lowest BCUT2D eigenvalue weighted by Gasteiger charge is -2.26. The van der Waals surface area contributed by atoms with Crippen LogP contribution in [0.2, 0.25) is 0 Å². The minimum atomic E-state index is -0.229. The molecular formula is C19H38O3. The van der Waals surface area contributed by atoms with Crippen molar-refractivity contribution in [3.63, 3.8) is 0 Å². The predicted molar refractivity (Wildman–Crippen MR) is 93.4 cm³/mol. The Hall–Kier alpha value is -0.410. The van der Waals surface area contributed by atoms with Crippen LogP contribution < -0.4 is 0 Å². The number of Topliss-reactive ketones (excluding diaryl/α,β-unsaturated/α-hetero) is 1. The Morgan fingerprint density at radius 3 is 2.18 bits per heavy atom. The van der Waals surface area contributed by atoms with Crippen molar-refractivity contribution in [2.75, 3.05) is 13.2 Å². The number of ether oxygens (including phenoxy) is 2. The van der Waals surface area contributed by atoms with E-state index in [1.165, 1.54) is 12.8 Å². The number of ketones is 1. The van der Waals surface area contributed by atoms with Crippen molar-refractivity contribution in [2.45, 2.75) is 104 Å². The van der Waals surface area contributed by atoms with Crippen molar-refractivity contribution < 1.29 is 14.3 Å². The molecule has 1 unspecified atom stereocenters. The molecule has 0 aromatic rings. The molecule has 1 atom stereocenters. The van der Waals surface area contributed by atoms with Gasteiger partial charge in [0, 0.05) is 13.0 Å². The summed E-state index contributed by atoms with van der Waals surface area (Å²) in [5.41, 5.74) is -0.169. The van der Waals surface area contributed by atoms with Crippen molar-refractivity contribution in [3.8, 4) is 0 Å². The molecule has 22 heavy (non-hydrogen) atoms. The molecule has 0 rings (SSSR count). The van der Waals surface area contributed by atoms with E-state index in [2.05, 4.69) is 27.7 Å². The van der Waals surface area contributed by atoms with E-state index in [0.717, 1.165) is 45.1 Å². The van der Waals surface area contributed by atoms with Gasteiger partial charge in [-0.05, 0) is 39.5 Å². The van der Waals surface area contributed by atoms with E-state index in [1.54, 1.807) is 0 Å². The summed E-state index contributed by atoms with van der Waals surface area (Å²) >= 11 is 0. The van der Waals surface area contributed by atoms with Crippen LogP contribution in [0.4, 0.5) is 0 Å². The molecule has 3 heteroatoms. The zero-order chi connectivity index (χ0) is 16.8. The fraction of sp³-hybridized carbons (Fsp3) is 0.947. The maximum Gasteiger partial charge on any atom is 0.161 e. The number of carbonyl (C=O) groups excluding carboxylic acids is 1. The third kappa shape index (κ3) is 11.2. The highest BCUT2D eigenvalue weighted by Gasteiger charge is 2.21. The molecule has 0 saturated carbocycles. The average molecular weight is 315 g/mol. The van der Waals surface area contributed by atoms with Crippen molar-refractivity contribution in [3.05, 3.63) is 0 Å². The third-order valence-corrected chi connectivity index (χ3v) is 4.02. The Balaban J connectivity index is 3.94. The van der Waals surface area contributed by atoms with Crippen LogP contribution in [-0.2, 0) is 14.3 Å². The van der Waals surface area contributed by atoms with Crippen LogP contribution in [0.3, 0.4) is 0 Å². The summed E-state index contributed by atoms with van der Waals surface area (Å²) in [6.07, 6.45) is 8.84. The topological polar surface area (TPSA) is 35.5 Å². The maximum atomic E-state index is 12.1. The van der Waals surface area contributed by atoms with E-state index in [9.17, 15) is 4.79 Å². The van der Waals surface area contributed by atoms with Crippen molar-refractivity contribution >= 4 is 5.78 Å². The fourth-order valence-electron chi connectivity index (χ4n) is 2.37. The molecule has 0 N–H and O–H groups in total. The average Bonchev–Trinajstić information content (AvgIpc) is 2.48. The Kier molecular flexibility index (Phi) is 12.8. The zero-order valence-electron chi connectivity index (χ0n) is 15.6. The minimum absolute atomic E-state index is 0.169. The number of hydrogen-bond acceptors (Lipinski definition) is 3. The molecule has 0 aliphatic carbocycles. The Morgan fingerprint density at radius 1 is 0.955 bits per heavy atom. The number of rotatable bonds is 15. The molecule has 3 nitrogen and oxygen atoms in total. The summed E-state index contributed by atoms with van der Waals surface area (Å²) in [5.74, 6) is 0.262. The van der Waals surface area contributed by atoms with Gasteiger partial charge >= 0.3 is 0 Å². The van der Waals surface area contributed by atoms with Crippen LogP contribution in [0.5, 0.6) is 0 Å². The van der Waals surface area contributed by atoms with Crippen molar-refractivity contribution in [1.82, 2.24) is 0 Å². The molecule has 0 radical (unpaired) electrons. The van der Waals surface area contributed by atoms with Gasteiger partial charge in [0.05, 0.1) is 12.2 Å². The first-order chi connectivity index (χ1) is 10.5. The predicted octanol–water partition coefficient (Wildman–Crippen LogP) is 5.31. The van der Waals surface area contributed by atoms with Crippen LogP contribution in [0.1, 0.15) is 92.4 Å². The first kappa shape index (κ1) is 21.6. The van der Waals surface area contributed by atoms with E-state index >= 15 is 0 Å². The highest BCUT2D eigenvalue weighted by molar-refractivity contribution is 5.82. The zero-order valence-corrected chi connectivity index (χ0v) is 15.6. The molecule has 0 heterocycles. The van der Waals surface area contributed by atoms with E-state index in [4.69, 9.17) is 9.47 Å². The first-order valence-electron chi connectivity index (χ1n) is 9.25. The highest BCUT2D eigenvalue weighted by Crippen LogP contribution is 2.17. The number of hydrogen-bond donors (Lipinski definition) is 0. The van der Waals surface area contributed by atoms with Gasteiger partial charge in [0.15, 0.2) is 5.78 Å². The lowest BCUT2D eigenvalue weighted by Crippen LogP contribution is -2.30. The van der Waals surface area contributed by atoms with Gasteiger partial charge in [-0.15, -0.1) is 0 Å².